The molecule has 13 nitrogen and oxygen atoms in total. The molecule has 34 heavy (non-hydrogen) atoms. The van der Waals surface area contributed by atoms with Crippen molar-refractivity contribution in [2.75, 3.05) is 40.4 Å². The summed E-state index contributed by atoms with van der Waals surface area (Å²) in [7, 11) is 2.87. The van der Waals surface area contributed by atoms with Gasteiger partial charge in [0.15, 0.2) is 11.5 Å². The lowest BCUT2D eigenvalue weighted by Gasteiger charge is -2.22. The molecule has 0 unspecified atom stereocenters. The Morgan fingerprint density at radius 2 is 1.18 bits per heavy atom. The lowest BCUT2D eigenvalue weighted by Crippen LogP contribution is -2.35. The fourth-order valence-corrected chi connectivity index (χ4v) is 3.45. The van der Waals surface area contributed by atoms with Gasteiger partial charge in [-0.2, -0.15) is 0 Å². The van der Waals surface area contributed by atoms with Crippen molar-refractivity contribution in [2.45, 2.75) is 13.1 Å². The highest BCUT2D eigenvalue weighted by Crippen LogP contribution is 2.34. The first-order valence-corrected chi connectivity index (χ1v) is 9.88. The maximum absolute atomic E-state index is 11.2. The molecule has 1 aromatic heterocycles. The average molecular weight is 479 g/mol. The second kappa shape index (κ2) is 11.8. The summed E-state index contributed by atoms with van der Waals surface area (Å²) in [5.41, 5.74) is 0.615. The summed E-state index contributed by atoms with van der Waals surface area (Å²) >= 11 is 0. The number of hydrogen-bond acceptors (Lipinski definition) is 9. The second-order valence-corrected chi connectivity index (χ2v) is 7.35. The molecule has 1 heterocycles. The molecule has 0 saturated heterocycles. The van der Waals surface area contributed by atoms with Gasteiger partial charge in [-0.25, -0.2) is 0 Å². The van der Waals surface area contributed by atoms with Crippen molar-refractivity contribution < 1.29 is 49.1 Å². The molecule has 4 N–H and O–H groups in total. The highest BCUT2D eigenvalue weighted by atomic mass is 16.5. The van der Waals surface area contributed by atoms with Crippen LogP contribution in [0.25, 0.3) is 10.8 Å². The maximum atomic E-state index is 11.2. The van der Waals surface area contributed by atoms with Crippen molar-refractivity contribution in [1.82, 2.24) is 14.8 Å². The largest absolute Gasteiger partial charge is 0.493 e. The highest BCUT2D eigenvalue weighted by Gasteiger charge is 2.20. The van der Waals surface area contributed by atoms with Crippen molar-refractivity contribution in [3.63, 3.8) is 0 Å². The van der Waals surface area contributed by atoms with Crippen molar-refractivity contribution >= 4 is 34.6 Å². The second-order valence-electron chi connectivity index (χ2n) is 7.35. The molecule has 2 aromatic rings. The number of carboxylic acids is 4. The van der Waals surface area contributed by atoms with E-state index in [2.05, 4.69) is 4.98 Å². The van der Waals surface area contributed by atoms with Crippen LogP contribution in [0.3, 0.4) is 0 Å². The molecular formula is C21H25N3O10. The van der Waals surface area contributed by atoms with Crippen molar-refractivity contribution in [1.29, 1.82) is 0 Å². The molecule has 1 aromatic carbocycles. The summed E-state index contributed by atoms with van der Waals surface area (Å²) in [6.07, 6.45) is 0. The number of hydrogen-bond donors (Lipinski definition) is 4. The number of pyridine rings is 1. The number of benzene rings is 1. The first kappa shape index (κ1) is 26.3. The van der Waals surface area contributed by atoms with Crippen LogP contribution >= 0.6 is 0 Å². The molecule has 0 bridgehead atoms. The molecule has 0 aliphatic carbocycles. The first-order valence-electron chi connectivity index (χ1n) is 9.88. The van der Waals surface area contributed by atoms with Crippen molar-refractivity contribution in [3.8, 4) is 11.5 Å². The van der Waals surface area contributed by atoms with Gasteiger partial charge in [-0.3, -0.25) is 34.0 Å². The van der Waals surface area contributed by atoms with Gasteiger partial charge in [-0.05, 0) is 23.6 Å². The summed E-state index contributed by atoms with van der Waals surface area (Å²) in [5.74, 6) is -4.14. The van der Waals surface area contributed by atoms with Crippen LogP contribution in [0.1, 0.15) is 11.4 Å². The van der Waals surface area contributed by atoms with Gasteiger partial charge < -0.3 is 29.9 Å². The predicted octanol–water partition coefficient (Wildman–Crippen LogP) is 0.194. The third-order valence-corrected chi connectivity index (χ3v) is 4.66. The molecule has 0 aliphatic heterocycles. The molecular weight excluding hydrogens is 454 g/mol. The molecule has 13 heteroatoms. The van der Waals surface area contributed by atoms with Crippen LogP contribution in [0.5, 0.6) is 11.5 Å². The number of methoxy groups -OCH3 is 2. The summed E-state index contributed by atoms with van der Waals surface area (Å²) in [6, 6.07) is 4.88. The lowest BCUT2D eigenvalue weighted by atomic mass is 10.1. The Morgan fingerprint density at radius 1 is 0.735 bits per heavy atom. The van der Waals surface area contributed by atoms with Gasteiger partial charge in [0, 0.05) is 18.5 Å². The van der Waals surface area contributed by atoms with E-state index in [-0.39, 0.29) is 13.1 Å². The minimum atomic E-state index is -1.23. The number of rotatable bonds is 14. The standard InChI is InChI=1S/C21H25N3O10/c1-33-16-4-12-3-13(6-23(8-18(25)26)9-19(27)28)22-15(14(12)5-17(16)34-2)7-24(10-20(29)30)11-21(31)32/h3-5H,6-11H2,1-2H3,(H,25,26)(H,27,28)(H,29,30)(H,31,32). The van der Waals surface area contributed by atoms with Gasteiger partial charge in [-0.15, -0.1) is 0 Å². The van der Waals surface area contributed by atoms with E-state index in [0.29, 0.717) is 33.7 Å². The Morgan fingerprint density at radius 3 is 1.62 bits per heavy atom. The van der Waals surface area contributed by atoms with Gasteiger partial charge >= 0.3 is 23.9 Å². The number of nitrogens with zero attached hydrogens (tertiary/aromatic N) is 3. The SMILES string of the molecule is COc1cc2cc(CN(CC(=O)O)CC(=O)O)nc(CN(CC(=O)O)CC(=O)O)c2cc1OC. The van der Waals surface area contributed by atoms with E-state index in [9.17, 15) is 29.4 Å². The van der Waals surface area contributed by atoms with Crippen LogP contribution in [-0.2, 0) is 32.3 Å². The molecule has 0 fully saturated rings. The van der Waals surface area contributed by atoms with Gasteiger partial charge in [0.05, 0.1) is 51.8 Å². The molecule has 184 valence electrons. The third-order valence-electron chi connectivity index (χ3n) is 4.66. The van der Waals surface area contributed by atoms with Gasteiger partial charge in [0.1, 0.15) is 0 Å². The minimum absolute atomic E-state index is 0.131. The Kier molecular flexibility index (Phi) is 9.10. The Labute approximate surface area is 193 Å². The zero-order valence-corrected chi connectivity index (χ0v) is 18.6. The van der Waals surface area contributed by atoms with Crippen LogP contribution < -0.4 is 9.47 Å². The Balaban J connectivity index is 2.60. The highest BCUT2D eigenvalue weighted by molar-refractivity contribution is 5.88. The summed E-state index contributed by atoms with van der Waals surface area (Å²) < 4.78 is 10.6. The zero-order chi connectivity index (χ0) is 25.4. The van der Waals surface area contributed by atoms with E-state index in [1.54, 1.807) is 18.2 Å². The Bertz CT molecular complexity index is 1060. The van der Waals surface area contributed by atoms with Crippen LogP contribution in [-0.4, -0.2) is 99.5 Å². The number of carbonyl (C=O) groups is 4. The number of ether oxygens (including phenoxy) is 2. The normalized spacial score (nSPS) is 11.1. The van der Waals surface area contributed by atoms with E-state index in [1.165, 1.54) is 19.1 Å². The van der Waals surface area contributed by atoms with E-state index in [1.807, 2.05) is 0 Å². The molecule has 0 atom stereocenters. The van der Waals surface area contributed by atoms with Gasteiger partial charge in [0.25, 0.3) is 0 Å². The average Bonchev–Trinajstić information content (AvgIpc) is 2.70. The van der Waals surface area contributed by atoms with Gasteiger partial charge in [0.2, 0.25) is 0 Å². The number of carboxylic acid groups (broad SMARTS) is 4. The molecule has 0 saturated carbocycles. The molecule has 0 aliphatic rings. The number of fused-ring (bicyclic) bond motifs is 1. The third kappa shape index (κ3) is 7.56. The van der Waals surface area contributed by atoms with Gasteiger partial charge in [-0.1, -0.05) is 0 Å². The molecule has 0 amide bonds. The van der Waals surface area contributed by atoms with E-state index in [4.69, 9.17) is 19.7 Å². The summed E-state index contributed by atoms with van der Waals surface area (Å²) in [6.45, 7) is -2.49. The monoisotopic (exact) mass is 479 g/mol. The molecule has 2 rings (SSSR count). The number of aliphatic carboxylic acids is 4. The predicted molar refractivity (Wildman–Crippen MR) is 116 cm³/mol. The fraction of sp³-hybridized carbons (Fsp3) is 0.381. The minimum Gasteiger partial charge on any atom is -0.493 e. The molecule has 0 radical (unpaired) electrons. The maximum Gasteiger partial charge on any atom is 0.317 e. The van der Waals surface area contributed by atoms with Crippen LogP contribution in [0.15, 0.2) is 18.2 Å². The Hall–Kier alpha value is -3.97. The fourth-order valence-electron chi connectivity index (χ4n) is 3.45. The molecule has 0 spiro atoms. The topological polar surface area (TPSA) is 187 Å². The van der Waals surface area contributed by atoms with Crippen molar-refractivity contribution in [3.05, 3.63) is 29.6 Å². The quantitative estimate of drug-likeness (QED) is 0.288. The lowest BCUT2D eigenvalue weighted by molar-refractivity contribution is -0.144. The van der Waals surface area contributed by atoms with Crippen LogP contribution in [0, 0.1) is 0 Å². The summed E-state index contributed by atoms with van der Waals surface area (Å²) in [5, 5.41) is 37.7. The van der Waals surface area contributed by atoms with Crippen LogP contribution in [0.2, 0.25) is 0 Å². The number of aromatic nitrogens is 1. The van der Waals surface area contributed by atoms with Crippen LogP contribution in [0.4, 0.5) is 0 Å². The summed E-state index contributed by atoms with van der Waals surface area (Å²) in [4.78, 5) is 51.6. The van der Waals surface area contributed by atoms with E-state index >= 15 is 0 Å². The first-order chi connectivity index (χ1) is 16.0. The smallest absolute Gasteiger partial charge is 0.317 e. The van der Waals surface area contributed by atoms with E-state index < -0.39 is 50.1 Å². The van der Waals surface area contributed by atoms with E-state index in [0.717, 1.165) is 4.90 Å². The zero-order valence-electron chi connectivity index (χ0n) is 18.6. The van der Waals surface area contributed by atoms with Crippen molar-refractivity contribution in [2.24, 2.45) is 0 Å².